The van der Waals surface area contributed by atoms with E-state index < -0.39 is 55.2 Å². The summed E-state index contributed by atoms with van der Waals surface area (Å²) in [5.74, 6) is -2.38. The summed E-state index contributed by atoms with van der Waals surface area (Å²) < 4.78 is 106. The first-order valence-corrected chi connectivity index (χ1v) is 14.4. The Labute approximate surface area is 211 Å². The molecule has 1 heterocycles. The summed E-state index contributed by atoms with van der Waals surface area (Å²) in [5, 5.41) is 0. The predicted octanol–water partition coefficient (Wildman–Crippen LogP) is 4.81. The van der Waals surface area contributed by atoms with Gasteiger partial charge in [0.25, 0.3) is 10.0 Å². The van der Waals surface area contributed by atoms with E-state index in [1.165, 1.54) is 36.4 Å². The number of sulfone groups is 1. The molecule has 0 aliphatic carbocycles. The van der Waals surface area contributed by atoms with E-state index in [1.54, 1.807) is 6.07 Å². The second kappa shape index (κ2) is 9.56. The zero-order chi connectivity index (χ0) is 27.2. The second-order valence-corrected chi connectivity index (χ2v) is 12.5. The Morgan fingerprint density at radius 1 is 0.946 bits per heavy atom. The number of rotatable bonds is 6. The molecular formula is C25H21F4NO5S2. The first-order valence-electron chi connectivity index (χ1n) is 11.0. The first-order chi connectivity index (χ1) is 17.2. The summed E-state index contributed by atoms with van der Waals surface area (Å²) in [5.41, 5.74) is -1.32. The Kier molecular flexibility index (Phi) is 6.93. The minimum Gasteiger partial charge on any atom is -0.294 e. The molecule has 0 radical (unpaired) electrons. The number of aryl methyl sites for hydroxylation is 1. The van der Waals surface area contributed by atoms with Crippen molar-refractivity contribution in [1.82, 2.24) is 0 Å². The van der Waals surface area contributed by atoms with E-state index in [0.717, 1.165) is 22.7 Å². The summed E-state index contributed by atoms with van der Waals surface area (Å²) in [4.78, 5) is 12.6. The molecule has 0 unspecified atom stereocenters. The van der Waals surface area contributed by atoms with E-state index in [-0.39, 0.29) is 27.6 Å². The van der Waals surface area contributed by atoms with Gasteiger partial charge in [-0.2, -0.15) is 13.2 Å². The highest BCUT2D eigenvalue weighted by atomic mass is 32.2. The molecule has 3 aromatic carbocycles. The largest absolute Gasteiger partial charge is 0.417 e. The van der Waals surface area contributed by atoms with Crippen molar-refractivity contribution in [3.05, 3.63) is 88.7 Å². The van der Waals surface area contributed by atoms with Crippen molar-refractivity contribution < 1.29 is 39.2 Å². The van der Waals surface area contributed by atoms with Crippen LogP contribution in [0.5, 0.6) is 0 Å². The Hall–Kier alpha value is -3.25. The predicted molar refractivity (Wildman–Crippen MR) is 128 cm³/mol. The lowest BCUT2D eigenvalue weighted by atomic mass is 9.95. The normalized spacial score (nSPS) is 14.4. The maximum atomic E-state index is 14.3. The molecule has 1 aliphatic heterocycles. The highest BCUT2D eigenvalue weighted by molar-refractivity contribution is 7.93. The average Bonchev–Trinajstić information content (AvgIpc) is 2.82. The van der Waals surface area contributed by atoms with Gasteiger partial charge in [0.1, 0.15) is 5.82 Å². The van der Waals surface area contributed by atoms with E-state index >= 15 is 0 Å². The topological polar surface area (TPSA) is 88.6 Å². The minimum absolute atomic E-state index is 0.0438. The fourth-order valence-electron chi connectivity index (χ4n) is 4.25. The van der Waals surface area contributed by atoms with Gasteiger partial charge in [0.15, 0.2) is 15.6 Å². The zero-order valence-electron chi connectivity index (χ0n) is 19.4. The molecule has 4 rings (SSSR count). The van der Waals surface area contributed by atoms with Gasteiger partial charge in [-0.05, 0) is 66.4 Å². The number of carbonyl (C=O) groups is 1. The number of ketones is 1. The number of benzene rings is 3. The monoisotopic (exact) mass is 555 g/mol. The number of anilines is 1. The third-order valence-electron chi connectivity index (χ3n) is 6.03. The van der Waals surface area contributed by atoms with Crippen molar-refractivity contribution in [3.63, 3.8) is 0 Å². The molecule has 0 amide bonds. The van der Waals surface area contributed by atoms with E-state index in [2.05, 4.69) is 0 Å². The second-order valence-electron chi connectivity index (χ2n) is 8.65. The van der Waals surface area contributed by atoms with Gasteiger partial charge in [0, 0.05) is 19.2 Å². The Balaban J connectivity index is 1.69. The summed E-state index contributed by atoms with van der Waals surface area (Å²) in [6, 6.07) is 11.5. The maximum absolute atomic E-state index is 14.3. The fourth-order valence-corrected chi connectivity index (χ4v) is 6.41. The van der Waals surface area contributed by atoms with Gasteiger partial charge in [-0.3, -0.25) is 9.10 Å². The maximum Gasteiger partial charge on any atom is 0.417 e. The van der Waals surface area contributed by atoms with E-state index in [1.807, 2.05) is 0 Å². The van der Waals surface area contributed by atoms with Crippen LogP contribution in [0, 0.1) is 5.82 Å². The van der Waals surface area contributed by atoms with Gasteiger partial charge in [-0.1, -0.05) is 18.2 Å². The smallest absolute Gasteiger partial charge is 0.294 e. The highest BCUT2D eigenvalue weighted by Gasteiger charge is 2.37. The van der Waals surface area contributed by atoms with Crippen molar-refractivity contribution in [3.8, 4) is 0 Å². The molecule has 3 aromatic rings. The van der Waals surface area contributed by atoms with Crippen LogP contribution in [0.1, 0.15) is 33.5 Å². The Morgan fingerprint density at radius 2 is 1.59 bits per heavy atom. The SMILES string of the molecule is CS(=O)(=O)c1ccc(S(=O)(=O)N2CCCc3ccc(CC(=O)c4c(F)cccc4C(F)(F)F)cc32)cc1. The van der Waals surface area contributed by atoms with E-state index in [0.29, 0.717) is 24.5 Å². The zero-order valence-corrected chi connectivity index (χ0v) is 21.1. The molecule has 0 spiro atoms. The number of hydrogen-bond donors (Lipinski definition) is 0. The molecule has 37 heavy (non-hydrogen) atoms. The van der Waals surface area contributed by atoms with Crippen molar-refractivity contribution in [1.29, 1.82) is 0 Å². The molecule has 0 fully saturated rings. The number of carbonyl (C=O) groups excluding carboxylic acids is 1. The van der Waals surface area contributed by atoms with Crippen molar-refractivity contribution >= 4 is 31.3 Å². The number of halogens is 4. The van der Waals surface area contributed by atoms with Crippen LogP contribution < -0.4 is 4.31 Å². The van der Waals surface area contributed by atoms with Gasteiger partial charge in [0.2, 0.25) is 0 Å². The first kappa shape index (κ1) is 26.8. The molecule has 0 saturated carbocycles. The molecule has 0 aromatic heterocycles. The van der Waals surface area contributed by atoms with E-state index in [9.17, 15) is 39.2 Å². The van der Waals surface area contributed by atoms with Crippen LogP contribution in [0.2, 0.25) is 0 Å². The average molecular weight is 556 g/mol. The lowest BCUT2D eigenvalue weighted by molar-refractivity contribution is -0.138. The van der Waals surface area contributed by atoms with E-state index in [4.69, 9.17) is 0 Å². The Bertz CT molecular complexity index is 1580. The molecule has 1 aliphatic rings. The lowest BCUT2D eigenvalue weighted by Gasteiger charge is -2.31. The fraction of sp³-hybridized carbons (Fsp3) is 0.240. The molecule has 0 saturated heterocycles. The number of fused-ring (bicyclic) bond motifs is 1. The number of Topliss-reactive ketones (excluding diaryl/α,β-unsaturated/α-hetero) is 1. The number of nitrogens with zero attached hydrogens (tertiary/aromatic N) is 1. The summed E-state index contributed by atoms with van der Waals surface area (Å²) in [6.45, 7) is 0.103. The summed E-state index contributed by atoms with van der Waals surface area (Å²) >= 11 is 0. The van der Waals surface area contributed by atoms with Crippen LogP contribution in [0.3, 0.4) is 0 Å². The van der Waals surface area contributed by atoms with Crippen LogP contribution in [-0.4, -0.2) is 35.4 Å². The standard InChI is InChI=1S/C25H21F4NO5S2/c1-36(32,33)18-9-11-19(12-10-18)37(34,35)30-13-3-4-17-8-7-16(14-22(17)30)15-23(31)24-20(25(27,28)29)5-2-6-21(24)26/h2,5-12,14H,3-4,13,15H2,1H3. The third-order valence-corrected chi connectivity index (χ3v) is 8.98. The highest BCUT2D eigenvalue weighted by Crippen LogP contribution is 2.36. The lowest BCUT2D eigenvalue weighted by Crippen LogP contribution is -2.35. The number of hydrogen-bond acceptors (Lipinski definition) is 5. The van der Waals surface area contributed by atoms with Crippen LogP contribution in [-0.2, 0) is 38.9 Å². The molecule has 0 atom stereocenters. The summed E-state index contributed by atoms with van der Waals surface area (Å²) in [6.07, 6.45) is -3.47. The van der Waals surface area contributed by atoms with Crippen LogP contribution in [0.4, 0.5) is 23.2 Å². The number of alkyl halides is 3. The van der Waals surface area contributed by atoms with Gasteiger partial charge >= 0.3 is 6.18 Å². The van der Waals surface area contributed by atoms with Crippen LogP contribution >= 0.6 is 0 Å². The van der Waals surface area contributed by atoms with Gasteiger partial charge in [-0.15, -0.1) is 0 Å². The Morgan fingerprint density at radius 3 is 2.22 bits per heavy atom. The molecule has 6 nitrogen and oxygen atoms in total. The van der Waals surface area contributed by atoms with Gasteiger partial charge in [-0.25, -0.2) is 21.2 Å². The van der Waals surface area contributed by atoms with Crippen LogP contribution in [0.15, 0.2) is 70.5 Å². The van der Waals surface area contributed by atoms with Gasteiger partial charge in [0.05, 0.1) is 26.6 Å². The third kappa shape index (κ3) is 5.40. The number of sulfonamides is 1. The minimum atomic E-state index is -4.93. The van der Waals surface area contributed by atoms with Gasteiger partial charge < -0.3 is 0 Å². The molecule has 0 N–H and O–H groups in total. The summed E-state index contributed by atoms with van der Waals surface area (Å²) in [7, 11) is -7.65. The van der Waals surface area contributed by atoms with Crippen molar-refractivity contribution in [2.45, 2.75) is 35.2 Å². The quantitative estimate of drug-likeness (QED) is 0.322. The van der Waals surface area contributed by atoms with Crippen LogP contribution in [0.25, 0.3) is 0 Å². The van der Waals surface area contributed by atoms with Crippen molar-refractivity contribution in [2.24, 2.45) is 0 Å². The van der Waals surface area contributed by atoms with Crippen molar-refractivity contribution in [2.75, 3.05) is 17.1 Å². The molecular weight excluding hydrogens is 534 g/mol. The molecule has 12 heteroatoms. The molecule has 0 bridgehead atoms. The molecule has 196 valence electrons.